The van der Waals surface area contributed by atoms with Crippen LogP contribution in [-0.2, 0) is 9.53 Å². The number of hydrogen-bond acceptors (Lipinski definition) is 3. The second-order valence-electron chi connectivity index (χ2n) is 3.65. The Labute approximate surface area is 117 Å². The highest BCUT2D eigenvalue weighted by molar-refractivity contribution is 6.39. The lowest BCUT2D eigenvalue weighted by Gasteiger charge is -2.10. The number of rotatable bonds is 7. The van der Waals surface area contributed by atoms with Crippen LogP contribution in [0.1, 0.15) is 6.42 Å². The number of para-hydroxylation sites is 1. The van der Waals surface area contributed by atoms with E-state index in [1.807, 2.05) is 0 Å². The van der Waals surface area contributed by atoms with Crippen LogP contribution in [-0.4, -0.2) is 32.7 Å². The first-order valence-electron chi connectivity index (χ1n) is 5.58. The van der Waals surface area contributed by atoms with Crippen LogP contribution in [0.5, 0.6) is 0 Å². The molecule has 0 radical (unpaired) electrons. The molecule has 0 aliphatic carbocycles. The molecule has 2 N–H and O–H groups in total. The van der Waals surface area contributed by atoms with Gasteiger partial charge in [-0.25, -0.2) is 0 Å². The summed E-state index contributed by atoms with van der Waals surface area (Å²) in [4.78, 5) is 11.5. The van der Waals surface area contributed by atoms with Crippen molar-refractivity contribution >= 4 is 34.8 Å². The fourth-order valence-electron chi connectivity index (χ4n) is 1.34. The van der Waals surface area contributed by atoms with Crippen molar-refractivity contribution in [2.75, 3.05) is 32.1 Å². The third-order valence-electron chi connectivity index (χ3n) is 2.24. The summed E-state index contributed by atoms with van der Waals surface area (Å²) in [7, 11) is 1.63. The van der Waals surface area contributed by atoms with Crippen molar-refractivity contribution in [1.29, 1.82) is 0 Å². The predicted octanol–water partition coefficient (Wildman–Crippen LogP) is 2.56. The molecule has 0 saturated carbocycles. The van der Waals surface area contributed by atoms with Gasteiger partial charge in [-0.05, 0) is 18.6 Å². The van der Waals surface area contributed by atoms with Crippen molar-refractivity contribution in [1.82, 2.24) is 5.32 Å². The molecule has 1 amide bonds. The number of benzene rings is 1. The molecule has 0 aliphatic heterocycles. The van der Waals surface area contributed by atoms with E-state index in [0.29, 0.717) is 28.9 Å². The number of ether oxygens (including phenoxy) is 1. The van der Waals surface area contributed by atoms with E-state index in [2.05, 4.69) is 10.6 Å². The molecule has 1 aromatic carbocycles. The number of carbonyl (C=O) groups excluding carboxylic acids is 1. The molecule has 4 nitrogen and oxygen atoms in total. The molecule has 1 rings (SSSR count). The van der Waals surface area contributed by atoms with Crippen LogP contribution >= 0.6 is 23.2 Å². The molecule has 18 heavy (non-hydrogen) atoms. The highest BCUT2D eigenvalue weighted by Gasteiger charge is 2.06. The average molecular weight is 291 g/mol. The van der Waals surface area contributed by atoms with Crippen molar-refractivity contribution in [3.05, 3.63) is 28.2 Å². The molecule has 0 atom stereocenters. The number of anilines is 1. The summed E-state index contributed by atoms with van der Waals surface area (Å²) >= 11 is 11.9. The number of hydrogen-bond donors (Lipinski definition) is 2. The van der Waals surface area contributed by atoms with E-state index in [-0.39, 0.29) is 12.5 Å². The van der Waals surface area contributed by atoms with Gasteiger partial charge in [-0.1, -0.05) is 29.3 Å². The van der Waals surface area contributed by atoms with Gasteiger partial charge in [0.05, 0.1) is 22.3 Å². The van der Waals surface area contributed by atoms with Gasteiger partial charge < -0.3 is 15.4 Å². The lowest BCUT2D eigenvalue weighted by molar-refractivity contribution is -0.119. The SMILES string of the molecule is COCCCNC(=O)CNc1c(Cl)cccc1Cl. The Balaban J connectivity index is 2.34. The third-order valence-corrected chi connectivity index (χ3v) is 2.87. The maximum absolute atomic E-state index is 11.5. The molecule has 0 aromatic heterocycles. The third kappa shape index (κ3) is 5.12. The zero-order valence-corrected chi connectivity index (χ0v) is 11.6. The standard InChI is InChI=1S/C12H16Cl2N2O2/c1-18-7-3-6-15-11(17)8-16-12-9(13)4-2-5-10(12)14/h2,4-5,16H,3,6-8H2,1H3,(H,15,17). The summed E-state index contributed by atoms with van der Waals surface area (Å²) < 4.78 is 4.88. The Morgan fingerprint density at radius 2 is 2.00 bits per heavy atom. The Hall–Kier alpha value is -0.970. The quantitative estimate of drug-likeness (QED) is 0.759. The summed E-state index contributed by atoms with van der Waals surface area (Å²) in [6.45, 7) is 1.35. The molecule has 0 bridgehead atoms. The fraction of sp³-hybridized carbons (Fsp3) is 0.417. The maximum Gasteiger partial charge on any atom is 0.239 e. The lowest BCUT2D eigenvalue weighted by atomic mass is 10.3. The van der Waals surface area contributed by atoms with Crippen LogP contribution in [0.4, 0.5) is 5.69 Å². The first-order valence-corrected chi connectivity index (χ1v) is 6.34. The van der Waals surface area contributed by atoms with Gasteiger partial charge in [0.15, 0.2) is 0 Å². The number of amides is 1. The molecule has 1 aromatic rings. The minimum Gasteiger partial charge on any atom is -0.385 e. The molecular formula is C12H16Cl2N2O2. The van der Waals surface area contributed by atoms with Gasteiger partial charge in [0, 0.05) is 20.3 Å². The van der Waals surface area contributed by atoms with Gasteiger partial charge in [0.25, 0.3) is 0 Å². The largest absolute Gasteiger partial charge is 0.385 e. The topological polar surface area (TPSA) is 50.4 Å². The zero-order valence-electron chi connectivity index (χ0n) is 10.1. The lowest BCUT2D eigenvalue weighted by Crippen LogP contribution is -2.31. The molecule has 0 heterocycles. The number of nitrogens with one attached hydrogen (secondary N) is 2. The first kappa shape index (κ1) is 15.1. The Bertz CT molecular complexity index is 379. The van der Waals surface area contributed by atoms with Gasteiger partial charge in [0.1, 0.15) is 0 Å². The summed E-state index contributed by atoms with van der Waals surface area (Å²) in [5.41, 5.74) is 0.577. The van der Waals surface area contributed by atoms with Gasteiger partial charge in [0.2, 0.25) is 5.91 Å². The Morgan fingerprint density at radius 3 is 2.61 bits per heavy atom. The van der Waals surface area contributed by atoms with Crippen LogP contribution in [0.2, 0.25) is 10.0 Å². The van der Waals surface area contributed by atoms with Crippen molar-refractivity contribution in [2.24, 2.45) is 0 Å². The second kappa shape index (κ2) is 8.19. The van der Waals surface area contributed by atoms with Crippen LogP contribution in [0.15, 0.2) is 18.2 Å². The van der Waals surface area contributed by atoms with Crippen molar-refractivity contribution in [3.63, 3.8) is 0 Å². The van der Waals surface area contributed by atoms with Gasteiger partial charge in [-0.15, -0.1) is 0 Å². The molecule has 0 fully saturated rings. The average Bonchev–Trinajstić information content (AvgIpc) is 2.34. The smallest absolute Gasteiger partial charge is 0.239 e. The van der Waals surface area contributed by atoms with E-state index in [1.54, 1.807) is 25.3 Å². The van der Waals surface area contributed by atoms with E-state index >= 15 is 0 Å². The molecule has 0 saturated heterocycles. The van der Waals surface area contributed by atoms with Crippen molar-refractivity contribution < 1.29 is 9.53 Å². The summed E-state index contributed by atoms with van der Waals surface area (Å²) in [5.74, 6) is -0.109. The molecule has 0 aliphatic rings. The monoisotopic (exact) mass is 290 g/mol. The van der Waals surface area contributed by atoms with Crippen LogP contribution in [0.3, 0.4) is 0 Å². The van der Waals surface area contributed by atoms with Gasteiger partial charge >= 0.3 is 0 Å². The first-order chi connectivity index (χ1) is 8.65. The maximum atomic E-state index is 11.5. The number of halogens is 2. The second-order valence-corrected chi connectivity index (χ2v) is 4.46. The van der Waals surface area contributed by atoms with E-state index in [0.717, 1.165) is 6.42 Å². The molecular weight excluding hydrogens is 275 g/mol. The number of methoxy groups -OCH3 is 1. The normalized spacial score (nSPS) is 10.2. The predicted molar refractivity (Wildman–Crippen MR) is 74.5 cm³/mol. The minimum atomic E-state index is -0.109. The zero-order chi connectivity index (χ0) is 13.4. The summed E-state index contributed by atoms with van der Waals surface area (Å²) in [6.07, 6.45) is 0.787. The van der Waals surface area contributed by atoms with Crippen molar-refractivity contribution in [3.8, 4) is 0 Å². The van der Waals surface area contributed by atoms with E-state index in [4.69, 9.17) is 27.9 Å². The highest BCUT2D eigenvalue weighted by atomic mass is 35.5. The van der Waals surface area contributed by atoms with E-state index < -0.39 is 0 Å². The fourth-order valence-corrected chi connectivity index (χ4v) is 1.87. The van der Waals surface area contributed by atoms with Crippen LogP contribution in [0, 0.1) is 0 Å². The molecule has 6 heteroatoms. The van der Waals surface area contributed by atoms with Crippen molar-refractivity contribution in [2.45, 2.75) is 6.42 Å². The van der Waals surface area contributed by atoms with Crippen LogP contribution < -0.4 is 10.6 Å². The highest BCUT2D eigenvalue weighted by Crippen LogP contribution is 2.29. The number of carbonyl (C=O) groups is 1. The Kier molecular flexibility index (Phi) is 6.86. The van der Waals surface area contributed by atoms with E-state index in [1.165, 1.54) is 0 Å². The van der Waals surface area contributed by atoms with Crippen LogP contribution in [0.25, 0.3) is 0 Å². The van der Waals surface area contributed by atoms with Gasteiger partial charge in [-0.2, -0.15) is 0 Å². The summed E-state index contributed by atoms with van der Waals surface area (Å²) in [5, 5.41) is 6.66. The molecule has 0 unspecified atom stereocenters. The summed E-state index contributed by atoms with van der Waals surface area (Å²) in [6, 6.07) is 5.18. The minimum absolute atomic E-state index is 0.109. The Morgan fingerprint density at radius 1 is 1.33 bits per heavy atom. The van der Waals surface area contributed by atoms with E-state index in [9.17, 15) is 4.79 Å². The molecule has 100 valence electrons. The molecule has 0 spiro atoms. The van der Waals surface area contributed by atoms with Gasteiger partial charge in [-0.3, -0.25) is 4.79 Å².